The molecule has 8 heteroatoms. The summed E-state index contributed by atoms with van der Waals surface area (Å²) in [6, 6.07) is 8.08. The van der Waals surface area contributed by atoms with Gasteiger partial charge in [-0.25, -0.2) is 0 Å². The van der Waals surface area contributed by atoms with Crippen LogP contribution in [0.5, 0.6) is 0 Å². The number of nitriles is 1. The molecule has 1 fully saturated rings. The van der Waals surface area contributed by atoms with E-state index < -0.39 is 0 Å². The summed E-state index contributed by atoms with van der Waals surface area (Å²) in [5, 5.41) is 19.5. The van der Waals surface area contributed by atoms with E-state index in [4.69, 9.17) is 9.97 Å². The first-order chi connectivity index (χ1) is 15.6. The fraction of sp³-hybridized carbons (Fsp3) is 0.520. The number of hydrogen-bond donors (Lipinski definition) is 3. The molecule has 8 nitrogen and oxygen atoms in total. The Hall–Kier alpha value is -3.34. The molecule has 0 saturated heterocycles. The summed E-state index contributed by atoms with van der Waals surface area (Å²) in [5.74, 6) is 1.36. The van der Waals surface area contributed by atoms with Crippen LogP contribution in [-0.4, -0.2) is 42.6 Å². The van der Waals surface area contributed by atoms with E-state index in [-0.39, 0.29) is 11.3 Å². The lowest BCUT2D eigenvalue weighted by Crippen LogP contribution is -2.31. The minimum atomic E-state index is -0.171. The van der Waals surface area contributed by atoms with E-state index in [1.54, 1.807) is 19.2 Å². The van der Waals surface area contributed by atoms with E-state index in [0.717, 1.165) is 30.6 Å². The van der Waals surface area contributed by atoms with E-state index >= 15 is 0 Å². The second-order valence-electron chi connectivity index (χ2n) is 9.98. The van der Waals surface area contributed by atoms with Crippen LogP contribution in [0.2, 0.25) is 0 Å². The van der Waals surface area contributed by atoms with Gasteiger partial charge in [0.25, 0.3) is 5.91 Å². The van der Waals surface area contributed by atoms with Crippen LogP contribution in [0.3, 0.4) is 0 Å². The average Bonchev–Trinajstić information content (AvgIpc) is 3.26. The number of carbonyl (C=O) groups excluding carboxylic acids is 1. The van der Waals surface area contributed by atoms with Crippen LogP contribution < -0.4 is 20.9 Å². The Balaban J connectivity index is 2.06. The standard InChI is InChI=1S/C25H35N7O/c1-16-11-12-17(23(33)27-5)13-20(16)29-21-19(14-26)22(32(6)15-25(2,3)4)31-24(30-21)28-18-9-7-8-10-18/h11-13,18H,7-10,15H2,1-6H3,(H,27,33)(H2,28,29,30,31). The number of rotatable bonds is 7. The zero-order valence-corrected chi connectivity index (χ0v) is 20.5. The van der Waals surface area contributed by atoms with Crippen molar-refractivity contribution in [2.24, 2.45) is 5.41 Å². The third kappa shape index (κ3) is 6.13. The number of amides is 1. The van der Waals surface area contributed by atoms with Gasteiger partial charge >= 0.3 is 0 Å². The van der Waals surface area contributed by atoms with E-state index in [1.807, 2.05) is 24.9 Å². The van der Waals surface area contributed by atoms with Gasteiger partial charge in [-0.3, -0.25) is 4.79 Å². The molecular formula is C25H35N7O. The number of carbonyl (C=O) groups is 1. The fourth-order valence-corrected chi connectivity index (χ4v) is 4.19. The monoisotopic (exact) mass is 449 g/mol. The van der Waals surface area contributed by atoms with Crippen LogP contribution in [0.1, 0.15) is 67.9 Å². The van der Waals surface area contributed by atoms with Crippen LogP contribution in [0.4, 0.5) is 23.3 Å². The smallest absolute Gasteiger partial charge is 0.251 e. The molecule has 0 aliphatic heterocycles. The van der Waals surface area contributed by atoms with Gasteiger partial charge in [-0.05, 0) is 42.9 Å². The average molecular weight is 450 g/mol. The molecule has 0 spiro atoms. The minimum absolute atomic E-state index is 0.0253. The maximum Gasteiger partial charge on any atom is 0.251 e. The highest BCUT2D eigenvalue weighted by atomic mass is 16.1. The van der Waals surface area contributed by atoms with Crippen molar-refractivity contribution in [3.05, 3.63) is 34.9 Å². The van der Waals surface area contributed by atoms with Crippen LogP contribution in [0, 0.1) is 23.7 Å². The van der Waals surface area contributed by atoms with Gasteiger partial charge in [-0.15, -0.1) is 0 Å². The topological polar surface area (TPSA) is 106 Å². The van der Waals surface area contributed by atoms with Crippen molar-refractivity contribution in [2.45, 2.75) is 59.4 Å². The number of aromatic nitrogens is 2. The molecular weight excluding hydrogens is 414 g/mol. The zero-order chi connectivity index (χ0) is 24.2. The lowest BCUT2D eigenvalue weighted by molar-refractivity contribution is 0.0963. The second-order valence-corrected chi connectivity index (χ2v) is 9.98. The molecule has 176 valence electrons. The van der Waals surface area contributed by atoms with Crippen molar-refractivity contribution in [3.63, 3.8) is 0 Å². The maximum atomic E-state index is 12.1. The SMILES string of the molecule is CNC(=O)c1ccc(C)c(Nc2nc(NC3CCCC3)nc(N(C)CC(C)(C)C)c2C#N)c1. The first-order valence-electron chi connectivity index (χ1n) is 11.5. The van der Waals surface area contributed by atoms with Crippen molar-refractivity contribution in [1.82, 2.24) is 15.3 Å². The number of hydrogen-bond acceptors (Lipinski definition) is 7. The number of nitrogens with zero attached hydrogens (tertiary/aromatic N) is 4. The van der Waals surface area contributed by atoms with Crippen molar-refractivity contribution in [3.8, 4) is 6.07 Å². The van der Waals surface area contributed by atoms with Gasteiger partial charge in [0, 0.05) is 37.9 Å². The lowest BCUT2D eigenvalue weighted by atomic mass is 9.96. The molecule has 3 N–H and O–H groups in total. The Morgan fingerprint density at radius 3 is 2.55 bits per heavy atom. The predicted octanol–water partition coefficient (Wildman–Crippen LogP) is 4.60. The van der Waals surface area contributed by atoms with Crippen molar-refractivity contribution < 1.29 is 4.79 Å². The molecule has 1 aliphatic carbocycles. The minimum Gasteiger partial charge on any atom is -0.358 e. The van der Waals surface area contributed by atoms with Crippen molar-refractivity contribution >= 4 is 29.2 Å². The van der Waals surface area contributed by atoms with Gasteiger partial charge in [0.15, 0.2) is 11.6 Å². The Bertz CT molecular complexity index is 1050. The highest BCUT2D eigenvalue weighted by Crippen LogP contribution is 2.31. The van der Waals surface area contributed by atoms with Crippen LogP contribution in [0.15, 0.2) is 18.2 Å². The molecule has 0 atom stereocenters. The lowest BCUT2D eigenvalue weighted by Gasteiger charge is -2.29. The summed E-state index contributed by atoms with van der Waals surface area (Å²) in [7, 11) is 3.56. The Morgan fingerprint density at radius 1 is 1.24 bits per heavy atom. The van der Waals surface area contributed by atoms with Gasteiger partial charge in [0.05, 0.1) is 0 Å². The summed E-state index contributed by atoms with van der Waals surface area (Å²) >= 11 is 0. The molecule has 1 aliphatic rings. The number of benzene rings is 1. The second kappa shape index (κ2) is 10.1. The summed E-state index contributed by atoms with van der Waals surface area (Å²) < 4.78 is 0. The molecule has 1 heterocycles. The molecule has 0 unspecified atom stereocenters. The summed E-state index contributed by atoms with van der Waals surface area (Å²) in [6.07, 6.45) is 4.57. The summed E-state index contributed by atoms with van der Waals surface area (Å²) in [6.45, 7) is 9.14. The molecule has 1 saturated carbocycles. The fourth-order valence-electron chi connectivity index (χ4n) is 4.19. The summed E-state index contributed by atoms with van der Waals surface area (Å²) in [5.41, 5.74) is 2.61. The first kappa shape index (κ1) is 24.3. The van der Waals surface area contributed by atoms with Gasteiger partial charge in [0.1, 0.15) is 11.6 Å². The number of nitrogens with one attached hydrogen (secondary N) is 3. The zero-order valence-electron chi connectivity index (χ0n) is 20.5. The van der Waals surface area contributed by atoms with E-state index in [0.29, 0.717) is 34.8 Å². The molecule has 1 aromatic carbocycles. The van der Waals surface area contributed by atoms with E-state index in [2.05, 4.69) is 42.8 Å². The maximum absolute atomic E-state index is 12.1. The Kier molecular flexibility index (Phi) is 7.42. The van der Waals surface area contributed by atoms with Gasteiger partial charge in [0.2, 0.25) is 5.95 Å². The Labute approximate surface area is 196 Å². The van der Waals surface area contributed by atoms with Crippen molar-refractivity contribution in [2.75, 3.05) is 36.2 Å². The van der Waals surface area contributed by atoms with Gasteiger partial charge in [-0.2, -0.15) is 15.2 Å². The highest BCUT2D eigenvalue weighted by molar-refractivity contribution is 5.95. The molecule has 33 heavy (non-hydrogen) atoms. The van der Waals surface area contributed by atoms with Gasteiger partial charge in [-0.1, -0.05) is 39.7 Å². The largest absolute Gasteiger partial charge is 0.358 e. The molecule has 0 radical (unpaired) electrons. The molecule has 1 amide bonds. The van der Waals surface area contributed by atoms with E-state index in [9.17, 15) is 10.1 Å². The highest BCUT2D eigenvalue weighted by Gasteiger charge is 2.24. The molecule has 2 aromatic rings. The number of anilines is 4. The molecule has 0 bridgehead atoms. The van der Waals surface area contributed by atoms with Crippen molar-refractivity contribution in [1.29, 1.82) is 5.26 Å². The third-order valence-electron chi connectivity index (χ3n) is 5.74. The van der Waals surface area contributed by atoms with Crippen LogP contribution in [0.25, 0.3) is 0 Å². The first-order valence-corrected chi connectivity index (χ1v) is 11.5. The normalized spacial score (nSPS) is 14.0. The van der Waals surface area contributed by atoms with Gasteiger partial charge < -0.3 is 20.9 Å². The van der Waals surface area contributed by atoms with Crippen LogP contribution in [-0.2, 0) is 0 Å². The Morgan fingerprint density at radius 2 is 1.94 bits per heavy atom. The van der Waals surface area contributed by atoms with Crippen LogP contribution >= 0.6 is 0 Å². The quantitative estimate of drug-likeness (QED) is 0.567. The van der Waals surface area contributed by atoms with E-state index in [1.165, 1.54) is 12.8 Å². The summed E-state index contributed by atoms with van der Waals surface area (Å²) in [4.78, 5) is 23.6. The molecule has 1 aromatic heterocycles. The number of aryl methyl sites for hydroxylation is 1. The molecule has 3 rings (SSSR count). The predicted molar refractivity (Wildman–Crippen MR) is 133 cm³/mol. The third-order valence-corrected chi connectivity index (χ3v) is 5.74.